The Kier molecular flexibility index (Phi) is 4.69. The molecule has 134 valence electrons. The first-order valence-corrected chi connectivity index (χ1v) is 8.99. The van der Waals surface area contributed by atoms with Crippen LogP contribution in [0, 0.1) is 12.3 Å². The third kappa shape index (κ3) is 3.33. The van der Waals surface area contributed by atoms with Crippen molar-refractivity contribution in [3.8, 4) is 5.69 Å². The summed E-state index contributed by atoms with van der Waals surface area (Å²) >= 11 is 0. The first-order valence-electron chi connectivity index (χ1n) is 8.99. The van der Waals surface area contributed by atoms with Crippen molar-refractivity contribution >= 4 is 5.91 Å². The number of carbonyl (C=O) groups excluding carboxylic acids is 1. The first kappa shape index (κ1) is 17.7. The Balaban J connectivity index is 1.95. The van der Waals surface area contributed by atoms with Crippen LogP contribution in [0.1, 0.15) is 54.7 Å². The predicted molar refractivity (Wildman–Crippen MR) is 100 cm³/mol. The summed E-state index contributed by atoms with van der Waals surface area (Å²) in [7, 11) is 0. The molecule has 1 unspecified atom stereocenters. The number of rotatable bonds is 4. The van der Waals surface area contributed by atoms with Gasteiger partial charge in [0.2, 0.25) is 0 Å². The Bertz CT molecular complexity index is 763. The molecule has 1 aromatic carbocycles. The number of carbonyl (C=O) groups is 1. The number of nitrogens with zero attached hydrogens (tertiary/aromatic N) is 3. The molecular weight excluding hydrogens is 312 g/mol. The molecule has 1 aromatic heterocycles. The second-order valence-electron chi connectivity index (χ2n) is 7.84. The van der Waals surface area contributed by atoms with Gasteiger partial charge in [-0.05, 0) is 43.4 Å². The quantitative estimate of drug-likeness (QED) is 0.930. The Morgan fingerprint density at radius 3 is 2.56 bits per heavy atom. The highest BCUT2D eigenvalue weighted by Gasteiger charge is 2.36. The Hall–Kier alpha value is -2.14. The highest BCUT2D eigenvalue weighted by atomic mass is 16.2. The van der Waals surface area contributed by atoms with E-state index in [9.17, 15) is 4.79 Å². The number of aromatic nitrogens is 2. The van der Waals surface area contributed by atoms with Crippen LogP contribution in [-0.2, 0) is 0 Å². The topological polar surface area (TPSA) is 64.2 Å². The average molecular weight is 340 g/mol. The van der Waals surface area contributed by atoms with Crippen LogP contribution in [0.15, 0.2) is 30.5 Å². The lowest BCUT2D eigenvalue weighted by atomic mass is 9.90. The van der Waals surface area contributed by atoms with Crippen LogP contribution in [0.2, 0.25) is 0 Å². The molecule has 0 saturated carbocycles. The van der Waals surface area contributed by atoms with E-state index in [0.29, 0.717) is 12.1 Å². The molecule has 1 saturated heterocycles. The van der Waals surface area contributed by atoms with Gasteiger partial charge in [0, 0.05) is 13.1 Å². The maximum atomic E-state index is 13.1. The first-order chi connectivity index (χ1) is 11.8. The fraction of sp³-hybridized carbons (Fsp3) is 0.500. The van der Waals surface area contributed by atoms with Gasteiger partial charge >= 0.3 is 0 Å². The summed E-state index contributed by atoms with van der Waals surface area (Å²) in [6, 6.07) is 8.22. The highest BCUT2D eigenvalue weighted by molar-refractivity contribution is 5.95. The van der Waals surface area contributed by atoms with Crippen molar-refractivity contribution in [1.29, 1.82) is 0 Å². The number of benzene rings is 1. The van der Waals surface area contributed by atoms with E-state index >= 15 is 0 Å². The average Bonchev–Trinajstić information content (AvgIpc) is 3.20. The van der Waals surface area contributed by atoms with Crippen LogP contribution in [0.5, 0.6) is 0 Å². The van der Waals surface area contributed by atoms with E-state index in [-0.39, 0.29) is 17.2 Å². The van der Waals surface area contributed by atoms with Gasteiger partial charge in [-0.1, -0.05) is 38.5 Å². The van der Waals surface area contributed by atoms with E-state index in [1.807, 2.05) is 21.7 Å². The van der Waals surface area contributed by atoms with Gasteiger partial charge in [0.05, 0.1) is 23.1 Å². The minimum absolute atomic E-state index is 0.0284. The summed E-state index contributed by atoms with van der Waals surface area (Å²) in [5, 5.41) is 4.53. The molecule has 0 bridgehead atoms. The largest absolute Gasteiger partial charge is 0.338 e. The number of nitrogens with two attached hydrogens (primary N) is 1. The van der Waals surface area contributed by atoms with Crippen molar-refractivity contribution in [2.45, 2.75) is 40.0 Å². The molecular formula is C20H28N4O. The lowest BCUT2D eigenvalue weighted by molar-refractivity contribution is 0.0775. The number of amides is 1. The minimum atomic E-state index is 0.0284. The van der Waals surface area contributed by atoms with Crippen LogP contribution in [0.3, 0.4) is 0 Å². The molecule has 1 aliphatic heterocycles. The standard InChI is InChI=1S/C20H28N4O/c1-14(2)18-17(19(25)23-10-9-20(4,12-21)13-23)11-22-24(18)16-7-5-15(3)6-8-16/h5-8,11,14H,9-10,12-13,21H2,1-4H3. The normalized spacial score (nSPS) is 20.5. The Morgan fingerprint density at radius 2 is 2.00 bits per heavy atom. The second kappa shape index (κ2) is 6.64. The lowest BCUT2D eigenvalue weighted by Crippen LogP contribution is -2.34. The van der Waals surface area contributed by atoms with Crippen LogP contribution < -0.4 is 5.73 Å². The molecule has 2 N–H and O–H groups in total. The molecule has 1 fully saturated rings. The molecule has 0 spiro atoms. The highest BCUT2D eigenvalue weighted by Crippen LogP contribution is 2.31. The number of hydrogen-bond acceptors (Lipinski definition) is 3. The van der Waals surface area contributed by atoms with Crippen LogP contribution >= 0.6 is 0 Å². The number of hydrogen-bond donors (Lipinski definition) is 1. The van der Waals surface area contributed by atoms with Crippen LogP contribution in [-0.4, -0.2) is 40.2 Å². The SMILES string of the molecule is Cc1ccc(-n2ncc(C(=O)N3CCC(C)(CN)C3)c2C(C)C)cc1. The third-order valence-electron chi connectivity index (χ3n) is 5.20. The van der Waals surface area contributed by atoms with Gasteiger partial charge in [0.15, 0.2) is 0 Å². The van der Waals surface area contributed by atoms with Gasteiger partial charge in [-0.2, -0.15) is 5.10 Å². The van der Waals surface area contributed by atoms with E-state index in [0.717, 1.165) is 30.9 Å². The van der Waals surface area contributed by atoms with Crippen molar-refractivity contribution in [2.75, 3.05) is 19.6 Å². The number of aryl methyl sites for hydroxylation is 1. The van der Waals surface area contributed by atoms with E-state index < -0.39 is 0 Å². The second-order valence-corrected chi connectivity index (χ2v) is 7.84. The molecule has 2 heterocycles. The molecule has 0 radical (unpaired) electrons. The maximum absolute atomic E-state index is 13.1. The number of likely N-dealkylation sites (tertiary alicyclic amines) is 1. The van der Waals surface area contributed by atoms with Crippen molar-refractivity contribution < 1.29 is 4.79 Å². The predicted octanol–water partition coefficient (Wildman–Crippen LogP) is 3.12. The fourth-order valence-electron chi connectivity index (χ4n) is 3.50. The van der Waals surface area contributed by atoms with Gasteiger partial charge < -0.3 is 10.6 Å². The van der Waals surface area contributed by atoms with Crippen molar-refractivity contribution in [2.24, 2.45) is 11.1 Å². The molecule has 1 aliphatic rings. The van der Waals surface area contributed by atoms with E-state index in [4.69, 9.17) is 5.73 Å². The third-order valence-corrected chi connectivity index (χ3v) is 5.20. The van der Waals surface area contributed by atoms with Gasteiger partial charge in [-0.3, -0.25) is 4.79 Å². The minimum Gasteiger partial charge on any atom is -0.338 e. The van der Waals surface area contributed by atoms with Gasteiger partial charge in [0.1, 0.15) is 0 Å². The smallest absolute Gasteiger partial charge is 0.257 e. The molecule has 0 aliphatic carbocycles. The van der Waals surface area contributed by atoms with E-state index in [2.05, 4.69) is 44.9 Å². The summed E-state index contributed by atoms with van der Waals surface area (Å²) in [4.78, 5) is 15.0. The fourth-order valence-corrected chi connectivity index (χ4v) is 3.50. The molecule has 5 nitrogen and oxygen atoms in total. The summed E-state index contributed by atoms with van der Waals surface area (Å²) < 4.78 is 1.90. The molecule has 3 rings (SSSR count). The zero-order chi connectivity index (χ0) is 18.2. The zero-order valence-corrected chi connectivity index (χ0v) is 15.6. The van der Waals surface area contributed by atoms with Gasteiger partial charge in [-0.15, -0.1) is 0 Å². The van der Waals surface area contributed by atoms with Crippen molar-refractivity contribution in [1.82, 2.24) is 14.7 Å². The van der Waals surface area contributed by atoms with Crippen LogP contribution in [0.25, 0.3) is 5.69 Å². The molecule has 5 heteroatoms. The van der Waals surface area contributed by atoms with Crippen LogP contribution in [0.4, 0.5) is 0 Å². The molecule has 1 atom stereocenters. The van der Waals surface area contributed by atoms with E-state index in [1.165, 1.54) is 5.56 Å². The lowest BCUT2D eigenvalue weighted by Gasteiger charge is -2.23. The van der Waals surface area contributed by atoms with Crippen molar-refractivity contribution in [3.05, 3.63) is 47.3 Å². The summed E-state index contributed by atoms with van der Waals surface area (Å²) in [6.45, 7) is 10.5. The van der Waals surface area contributed by atoms with E-state index in [1.54, 1.807) is 6.20 Å². The Labute approximate surface area is 149 Å². The summed E-state index contributed by atoms with van der Waals surface area (Å²) in [5.41, 5.74) is 9.78. The Morgan fingerprint density at radius 1 is 1.32 bits per heavy atom. The van der Waals surface area contributed by atoms with Crippen molar-refractivity contribution in [3.63, 3.8) is 0 Å². The molecule has 25 heavy (non-hydrogen) atoms. The van der Waals surface area contributed by atoms with Gasteiger partial charge in [-0.25, -0.2) is 4.68 Å². The van der Waals surface area contributed by atoms with Gasteiger partial charge in [0.25, 0.3) is 5.91 Å². The molecule has 1 amide bonds. The summed E-state index contributed by atoms with van der Waals surface area (Å²) in [6.07, 6.45) is 2.67. The maximum Gasteiger partial charge on any atom is 0.257 e. The summed E-state index contributed by atoms with van der Waals surface area (Å²) in [5.74, 6) is 0.269. The monoisotopic (exact) mass is 340 g/mol. The molecule has 2 aromatic rings. The zero-order valence-electron chi connectivity index (χ0n) is 15.6.